The van der Waals surface area contributed by atoms with E-state index >= 15 is 0 Å². The molecule has 0 saturated carbocycles. The summed E-state index contributed by atoms with van der Waals surface area (Å²) in [5.41, 5.74) is 0.253. The molecule has 1 aliphatic rings. The van der Waals surface area contributed by atoms with Gasteiger partial charge in [0, 0.05) is 25.3 Å². The smallest absolute Gasteiger partial charge is 0.313 e. The van der Waals surface area contributed by atoms with E-state index in [1.54, 1.807) is 11.0 Å². The van der Waals surface area contributed by atoms with E-state index in [2.05, 4.69) is 10.6 Å². The second-order valence-electron chi connectivity index (χ2n) is 7.01. The molecule has 0 spiro atoms. The predicted molar refractivity (Wildman–Crippen MR) is 108 cm³/mol. The second kappa shape index (κ2) is 9.67. The topological polar surface area (TPSA) is 78.5 Å². The Morgan fingerprint density at radius 1 is 1.00 bits per heavy atom. The molecule has 6 nitrogen and oxygen atoms in total. The van der Waals surface area contributed by atoms with Crippen molar-refractivity contribution >= 4 is 35.0 Å². The van der Waals surface area contributed by atoms with Gasteiger partial charge in [0.1, 0.15) is 11.6 Å². The highest BCUT2D eigenvalue weighted by atomic mass is 35.5. The highest BCUT2D eigenvalue weighted by Crippen LogP contribution is 2.20. The molecule has 30 heavy (non-hydrogen) atoms. The summed E-state index contributed by atoms with van der Waals surface area (Å²) >= 11 is 5.65. The summed E-state index contributed by atoms with van der Waals surface area (Å²) in [6.45, 7) is 1.15. The van der Waals surface area contributed by atoms with Gasteiger partial charge in [-0.3, -0.25) is 14.4 Å². The molecule has 158 valence electrons. The number of nitrogens with one attached hydrogen (secondary N) is 2. The van der Waals surface area contributed by atoms with E-state index in [0.717, 1.165) is 6.07 Å². The van der Waals surface area contributed by atoms with E-state index in [9.17, 15) is 23.2 Å². The van der Waals surface area contributed by atoms with Crippen LogP contribution in [-0.4, -0.2) is 42.3 Å². The van der Waals surface area contributed by atoms with Crippen LogP contribution in [-0.2, 0) is 9.59 Å². The number of amides is 3. The average Bonchev–Trinajstić information content (AvgIpc) is 2.75. The number of hydrogen-bond donors (Lipinski definition) is 2. The molecule has 2 N–H and O–H groups in total. The van der Waals surface area contributed by atoms with Gasteiger partial charge in [-0.25, -0.2) is 8.78 Å². The number of nitrogens with zero attached hydrogens (tertiary/aromatic N) is 1. The van der Waals surface area contributed by atoms with E-state index < -0.39 is 23.4 Å². The number of halogens is 3. The molecule has 0 unspecified atom stereocenters. The fourth-order valence-corrected chi connectivity index (χ4v) is 3.40. The zero-order valence-corrected chi connectivity index (χ0v) is 16.7. The SMILES string of the molecule is O=C(NCC1CCN(C(=O)c2ccccc2F)CC1)C(=O)Nc1ccc(F)c(Cl)c1. The molecule has 3 amide bonds. The fourth-order valence-electron chi connectivity index (χ4n) is 3.22. The van der Waals surface area contributed by atoms with Crippen molar-refractivity contribution < 1.29 is 23.2 Å². The van der Waals surface area contributed by atoms with E-state index in [1.807, 2.05) is 0 Å². The van der Waals surface area contributed by atoms with Crippen LogP contribution in [0.2, 0.25) is 5.02 Å². The minimum atomic E-state index is -0.884. The van der Waals surface area contributed by atoms with Gasteiger partial charge in [-0.2, -0.15) is 0 Å². The summed E-state index contributed by atoms with van der Waals surface area (Å²) in [4.78, 5) is 38.0. The van der Waals surface area contributed by atoms with Crippen LogP contribution >= 0.6 is 11.6 Å². The molecular formula is C21H20ClF2N3O3. The number of piperidine rings is 1. The Morgan fingerprint density at radius 3 is 2.37 bits per heavy atom. The van der Waals surface area contributed by atoms with Crippen molar-refractivity contribution in [3.05, 3.63) is 64.7 Å². The third-order valence-electron chi connectivity index (χ3n) is 4.94. The third kappa shape index (κ3) is 5.33. The number of rotatable bonds is 4. The highest BCUT2D eigenvalue weighted by molar-refractivity contribution is 6.39. The first-order valence-electron chi connectivity index (χ1n) is 9.43. The Hall–Kier alpha value is -3.00. The number of hydrogen-bond acceptors (Lipinski definition) is 3. The number of carbonyl (C=O) groups is 3. The van der Waals surface area contributed by atoms with Crippen LogP contribution in [0.5, 0.6) is 0 Å². The average molecular weight is 436 g/mol. The lowest BCUT2D eigenvalue weighted by molar-refractivity contribution is -0.136. The lowest BCUT2D eigenvalue weighted by atomic mass is 9.96. The lowest BCUT2D eigenvalue weighted by Crippen LogP contribution is -2.43. The highest BCUT2D eigenvalue weighted by Gasteiger charge is 2.26. The second-order valence-corrected chi connectivity index (χ2v) is 7.42. The number of anilines is 1. The maximum absolute atomic E-state index is 13.8. The molecule has 2 aromatic carbocycles. The first-order chi connectivity index (χ1) is 14.3. The van der Waals surface area contributed by atoms with Crippen molar-refractivity contribution in [3.63, 3.8) is 0 Å². The maximum Gasteiger partial charge on any atom is 0.313 e. The Kier molecular flexibility index (Phi) is 6.99. The van der Waals surface area contributed by atoms with Crippen LogP contribution in [0.1, 0.15) is 23.2 Å². The molecule has 2 aromatic rings. The van der Waals surface area contributed by atoms with Crippen LogP contribution in [0.3, 0.4) is 0 Å². The number of likely N-dealkylation sites (tertiary alicyclic amines) is 1. The fraction of sp³-hybridized carbons (Fsp3) is 0.286. The number of benzene rings is 2. The Labute approximate surface area is 177 Å². The standard InChI is InChI=1S/C21H20ClF2N3O3/c22-16-11-14(5-6-18(16)24)26-20(29)19(28)25-12-13-7-9-27(10-8-13)21(30)15-3-1-2-4-17(15)23/h1-6,11,13H,7-10,12H2,(H,25,28)(H,26,29). The van der Waals surface area contributed by atoms with Gasteiger partial charge in [-0.15, -0.1) is 0 Å². The van der Waals surface area contributed by atoms with Crippen LogP contribution < -0.4 is 10.6 Å². The van der Waals surface area contributed by atoms with Crippen LogP contribution in [0.4, 0.5) is 14.5 Å². The summed E-state index contributed by atoms with van der Waals surface area (Å²) in [5.74, 6) is -3.14. The van der Waals surface area contributed by atoms with E-state index in [-0.39, 0.29) is 34.6 Å². The zero-order chi connectivity index (χ0) is 21.7. The molecule has 0 aliphatic carbocycles. The maximum atomic E-state index is 13.8. The van der Waals surface area contributed by atoms with Crippen LogP contribution in [0.15, 0.2) is 42.5 Å². The minimum absolute atomic E-state index is 0.0434. The largest absolute Gasteiger partial charge is 0.348 e. The summed E-state index contributed by atoms with van der Waals surface area (Å²) in [6.07, 6.45) is 1.24. The van der Waals surface area contributed by atoms with Gasteiger partial charge >= 0.3 is 11.8 Å². The quantitative estimate of drug-likeness (QED) is 0.724. The number of carbonyl (C=O) groups excluding carboxylic acids is 3. The Morgan fingerprint density at radius 2 is 1.70 bits per heavy atom. The van der Waals surface area contributed by atoms with Gasteiger partial charge in [0.05, 0.1) is 10.6 Å². The molecule has 0 radical (unpaired) electrons. The van der Waals surface area contributed by atoms with Crippen molar-refractivity contribution in [3.8, 4) is 0 Å². The normalized spacial score (nSPS) is 14.3. The van der Waals surface area contributed by atoms with Crippen molar-refractivity contribution in [2.24, 2.45) is 5.92 Å². The Balaban J connectivity index is 1.44. The first kappa shape index (κ1) is 21.7. The van der Waals surface area contributed by atoms with Gasteiger partial charge < -0.3 is 15.5 Å². The van der Waals surface area contributed by atoms with E-state index in [4.69, 9.17) is 11.6 Å². The van der Waals surface area contributed by atoms with Crippen molar-refractivity contribution in [1.29, 1.82) is 0 Å². The third-order valence-corrected chi connectivity index (χ3v) is 5.23. The molecule has 1 aliphatic heterocycles. The predicted octanol–water partition coefficient (Wildman–Crippen LogP) is 3.23. The van der Waals surface area contributed by atoms with Crippen molar-refractivity contribution in [2.45, 2.75) is 12.8 Å². The molecule has 1 saturated heterocycles. The van der Waals surface area contributed by atoms with E-state index in [0.29, 0.717) is 25.9 Å². The zero-order valence-electron chi connectivity index (χ0n) is 16.0. The van der Waals surface area contributed by atoms with Crippen LogP contribution in [0, 0.1) is 17.6 Å². The van der Waals surface area contributed by atoms with Crippen molar-refractivity contribution in [1.82, 2.24) is 10.2 Å². The molecular weight excluding hydrogens is 416 g/mol. The van der Waals surface area contributed by atoms with Gasteiger partial charge in [-0.1, -0.05) is 23.7 Å². The molecule has 0 atom stereocenters. The Bertz CT molecular complexity index is 962. The summed E-state index contributed by atoms with van der Waals surface area (Å²) in [6, 6.07) is 9.45. The van der Waals surface area contributed by atoms with Gasteiger partial charge in [-0.05, 0) is 49.1 Å². The summed E-state index contributed by atoms with van der Waals surface area (Å²) < 4.78 is 26.9. The van der Waals surface area contributed by atoms with E-state index in [1.165, 1.54) is 30.3 Å². The molecule has 1 fully saturated rings. The molecule has 0 bridgehead atoms. The monoisotopic (exact) mass is 435 g/mol. The first-order valence-corrected chi connectivity index (χ1v) is 9.81. The molecule has 9 heteroatoms. The summed E-state index contributed by atoms with van der Waals surface area (Å²) in [7, 11) is 0. The molecule has 3 rings (SSSR count). The molecule has 0 aromatic heterocycles. The van der Waals surface area contributed by atoms with Crippen molar-refractivity contribution in [2.75, 3.05) is 25.0 Å². The van der Waals surface area contributed by atoms with Gasteiger partial charge in [0.25, 0.3) is 5.91 Å². The lowest BCUT2D eigenvalue weighted by Gasteiger charge is -2.32. The minimum Gasteiger partial charge on any atom is -0.348 e. The summed E-state index contributed by atoms with van der Waals surface area (Å²) in [5, 5.41) is 4.75. The van der Waals surface area contributed by atoms with Crippen LogP contribution in [0.25, 0.3) is 0 Å². The molecule has 1 heterocycles. The van der Waals surface area contributed by atoms with Gasteiger partial charge in [0.2, 0.25) is 0 Å². The van der Waals surface area contributed by atoms with Gasteiger partial charge in [0.15, 0.2) is 0 Å².